The molecule has 23 heavy (non-hydrogen) atoms. The fourth-order valence-electron chi connectivity index (χ4n) is 2.27. The standard InChI is InChI=1S/C13H12F3N5O2/c1-7-5-10(19-11(17)18-7)21-12(22,13(14,15)16)6-8(20-21)9-3-2-4-23-9/h2-5,22H,6H2,1H3,(H2,17,18,19)/t12-/m0/s1. The number of nitrogens with two attached hydrogens (primary N) is 1. The van der Waals surface area contributed by atoms with Crippen LogP contribution in [0, 0.1) is 6.92 Å². The summed E-state index contributed by atoms with van der Waals surface area (Å²) in [7, 11) is 0. The number of halogens is 3. The van der Waals surface area contributed by atoms with E-state index < -0.39 is 18.3 Å². The summed E-state index contributed by atoms with van der Waals surface area (Å²) in [5, 5.41) is 14.5. The highest BCUT2D eigenvalue weighted by Gasteiger charge is 2.62. The quantitative estimate of drug-likeness (QED) is 0.872. The molecule has 1 aliphatic rings. The minimum atomic E-state index is -4.97. The second kappa shape index (κ2) is 4.95. The van der Waals surface area contributed by atoms with E-state index in [1.165, 1.54) is 24.5 Å². The summed E-state index contributed by atoms with van der Waals surface area (Å²) in [5.41, 5.74) is 2.52. The molecule has 7 nitrogen and oxygen atoms in total. The van der Waals surface area contributed by atoms with Crippen LogP contribution < -0.4 is 10.7 Å². The molecular weight excluding hydrogens is 315 g/mol. The van der Waals surface area contributed by atoms with Gasteiger partial charge in [-0.2, -0.15) is 23.3 Å². The van der Waals surface area contributed by atoms with E-state index in [0.29, 0.717) is 10.7 Å². The lowest BCUT2D eigenvalue weighted by atomic mass is 10.1. The number of nitrogens with zero attached hydrogens (tertiary/aromatic N) is 4. The second-order valence-electron chi connectivity index (χ2n) is 5.05. The fourth-order valence-corrected chi connectivity index (χ4v) is 2.27. The van der Waals surface area contributed by atoms with Crippen LogP contribution in [0.2, 0.25) is 0 Å². The summed E-state index contributed by atoms with van der Waals surface area (Å²) >= 11 is 0. The van der Waals surface area contributed by atoms with Crippen LogP contribution in [-0.2, 0) is 0 Å². The smallest absolute Gasteiger partial charge is 0.438 e. The third-order valence-electron chi connectivity index (χ3n) is 3.32. The molecule has 2 aromatic rings. The predicted molar refractivity (Wildman–Crippen MR) is 74.5 cm³/mol. The third kappa shape index (κ3) is 2.50. The van der Waals surface area contributed by atoms with Gasteiger partial charge in [0.2, 0.25) is 5.95 Å². The van der Waals surface area contributed by atoms with Crippen LogP contribution >= 0.6 is 0 Å². The number of alkyl halides is 3. The van der Waals surface area contributed by atoms with Crippen molar-refractivity contribution in [3.8, 4) is 0 Å². The van der Waals surface area contributed by atoms with Gasteiger partial charge in [-0.1, -0.05) is 0 Å². The van der Waals surface area contributed by atoms with Gasteiger partial charge in [-0.05, 0) is 19.1 Å². The zero-order valence-electron chi connectivity index (χ0n) is 11.9. The first-order valence-electron chi connectivity index (χ1n) is 6.52. The zero-order chi connectivity index (χ0) is 16.8. The van der Waals surface area contributed by atoms with E-state index in [1.807, 2.05) is 0 Å². The lowest BCUT2D eigenvalue weighted by molar-refractivity contribution is -0.254. The highest BCUT2D eigenvalue weighted by Crippen LogP contribution is 2.43. The average Bonchev–Trinajstić information content (AvgIpc) is 3.04. The molecule has 1 aliphatic heterocycles. The third-order valence-corrected chi connectivity index (χ3v) is 3.32. The fraction of sp³-hybridized carbons (Fsp3) is 0.308. The van der Waals surface area contributed by atoms with Crippen LogP contribution in [-0.4, -0.2) is 32.7 Å². The van der Waals surface area contributed by atoms with Crippen molar-refractivity contribution < 1.29 is 22.7 Å². The molecule has 0 aromatic carbocycles. The molecule has 0 unspecified atom stereocenters. The van der Waals surface area contributed by atoms with E-state index in [1.54, 1.807) is 6.92 Å². The van der Waals surface area contributed by atoms with Gasteiger partial charge in [-0.3, -0.25) is 0 Å². The van der Waals surface area contributed by atoms with Crippen LogP contribution in [0.1, 0.15) is 17.9 Å². The first-order chi connectivity index (χ1) is 10.7. The maximum absolute atomic E-state index is 13.4. The number of rotatable bonds is 2. The molecule has 0 aliphatic carbocycles. The zero-order valence-corrected chi connectivity index (χ0v) is 11.9. The van der Waals surface area contributed by atoms with E-state index in [-0.39, 0.29) is 23.2 Å². The second-order valence-corrected chi connectivity index (χ2v) is 5.05. The van der Waals surface area contributed by atoms with Crippen LogP contribution in [0.25, 0.3) is 0 Å². The van der Waals surface area contributed by atoms with Crippen molar-refractivity contribution in [3.05, 3.63) is 35.9 Å². The van der Waals surface area contributed by atoms with Gasteiger partial charge in [-0.25, -0.2) is 9.99 Å². The van der Waals surface area contributed by atoms with Crippen LogP contribution in [0.15, 0.2) is 34.0 Å². The summed E-state index contributed by atoms with van der Waals surface area (Å²) in [6.45, 7) is 1.54. The van der Waals surface area contributed by atoms with Crippen LogP contribution in [0.4, 0.5) is 24.9 Å². The van der Waals surface area contributed by atoms with Gasteiger partial charge < -0.3 is 15.3 Å². The van der Waals surface area contributed by atoms with E-state index in [0.717, 1.165) is 0 Å². The van der Waals surface area contributed by atoms with Crippen molar-refractivity contribution in [2.75, 3.05) is 10.7 Å². The van der Waals surface area contributed by atoms with Crippen molar-refractivity contribution in [1.82, 2.24) is 9.97 Å². The normalized spacial score (nSPS) is 21.6. The topological polar surface area (TPSA) is 101 Å². The number of aryl methyl sites for hydroxylation is 1. The number of furan rings is 1. The summed E-state index contributed by atoms with van der Waals surface area (Å²) in [6, 6.07) is 4.22. The van der Waals surface area contributed by atoms with Crippen molar-refractivity contribution in [3.63, 3.8) is 0 Å². The van der Waals surface area contributed by atoms with Gasteiger partial charge in [0.05, 0.1) is 12.7 Å². The molecule has 0 radical (unpaired) electrons. The molecule has 2 aromatic heterocycles. The van der Waals surface area contributed by atoms with Crippen LogP contribution in [0.5, 0.6) is 0 Å². The molecular formula is C13H12F3N5O2. The Morgan fingerprint density at radius 1 is 1.39 bits per heavy atom. The number of nitrogen functional groups attached to an aromatic ring is 1. The highest BCUT2D eigenvalue weighted by molar-refractivity contribution is 6.01. The van der Waals surface area contributed by atoms with E-state index in [2.05, 4.69) is 15.1 Å². The minimum absolute atomic E-state index is 0.0512. The molecule has 0 bridgehead atoms. The molecule has 3 rings (SSSR count). The average molecular weight is 327 g/mol. The Bertz CT molecular complexity index is 739. The molecule has 0 fully saturated rings. The molecule has 1 atom stereocenters. The van der Waals surface area contributed by atoms with Gasteiger partial charge in [0.15, 0.2) is 5.82 Å². The number of hydrogen-bond donors (Lipinski definition) is 2. The number of hydrazone groups is 1. The lowest BCUT2D eigenvalue weighted by Gasteiger charge is -2.33. The molecule has 0 saturated heterocycles. The van der Waals surface area contributed by atoms with Gasteiger partial charge in [0, 0.05) is 11.8 Å². The van der Waals surface area contributed by atoms with Crippen molar-refractivity contribution in [2.45, 2.75) is 25.2 Å². The Labute approximate surface area is 128 Å². The summed E-state index contributed by atoms with van der Waals surface area (Å²) in [5.74, 6) is -0.337. The molecule has 0 spiro atoms. The summed E-state index contributed by atoms with van der Waals surface area (Å²) in [6.07, 6.45) is -4.47. The SMILES string of the molecule is Cc1cc(N2N=C(c3ccco3)C[C@]2(O)C(F)(F)F)nc(N)n1. The number of aliphatic hydroxyl groups is 1. The Morgan fingerprint density at radius 2 is 2.13 bits per heavy atom. The van der Waals surface area contributed by atoms with Crippen molar-refractivity contribution in [1.29, 1.82) is 0 Å². The minimum Gasteiger partial charge on any atom is -0.463 e. The van der Waals surface area contributed by atoms with Gasteiger partial charge in [0.1, 0.15) is 11.5 Å². The van der Waals surface area contributed by atoms with Gasteiger partial charge in [-0.15, -0.1) is 0 Å². The predicted octanol–water partition coefficient (Wildman–Crippen LogP) is 1.83. The number of hydrogen-bond acceptors (Lipinski definition) is 7. The Morgan fingerprint density at radius 3 is 2.70 bits per heavy atom. The summed E-state index contributed by atoms with van der Waals surface area (Å²) in [4.78, 5) is 7.53. The van der Waals surface area contributed by atoms with Crippen molar-refractivity contribution >= 4 is 17.5 Å². The molecule has 3 heterocycles. The molecule has 0 amide bonds. The maximum atomic E-state index is 13.4. The molecule has 10 heteroatoms. The largest absolute Gasteiger partial charge is 0.463 e. The Balaban J connectivity index is 2.12. The number of aromatic nitrogens is 2. The van der Waals surface area contributed by atoms with Crippen molar-refractivity contribution in [2.24, 2.45) is 5.10 Å². The first-order valence-corrected chi connectivity index (χ1v) is 6.52. The highest BCUT2D eigenvalue weighted by atomic mass is 19.4. The first kappa shape index (κ1) is 15.3. The Kier molecular flexibility index (Phi) is 3.29. The van der Waals surface area contributed by atoms with Crippen LogP contribution in [0.3, 0.4) is 0 Å². The van der Waals surface area contributed by atoms with Gasteiger partial charge >= 0.3 is 6.18 Å². The molecule has 122 valence electrons. The summed E-state index contributed by atoms with van der Waals surface area (Å²) < 4.78 is 45.3. The van der Waals surface area contributed by atoms with Gasteiger partial charge in [0.25, 0.3) is 5.72 Å². The maximum Gasteiger partial charge on any atom is 0.438 e. The van der Waals surface area contributed by atoms with E-state index >= 15 is 0 Å². The van der Waals surface area contributed by atoms with E-state index in [9.17, 15) is 18.3 Å². The molecule has 0 saturated carbocycles. The van der Waals surface area contributed by atoms with E-state index in [4.69, 9.17) is 10.2 Å². The monoisotopic (exact) mass is 327 g/mol. The lowest BCUT2D eigenvalue weighted by Crippen LogP contribution is -2.55. The number of anilines is 2. The Hall–Kier alpha value is -2.62. The molecule has 3 N–H and O–H groups in total.